The topological polar surface area (TPSA) is 263 Å². The highest BCUT2D eigenvalue weighted by Gasteiger charge is 2.52. The number of sulfonamides is 2. The van der Waals surface area contributed by atoms with Crippen LogP contribution in [-0.4, -0.2) is 136 Å². The molecule has 0 radical (unpaired) electrons. The highest BCUT2D eigenvalue weighted by atomic mass is 32.2. The molecule has 3 saturated heterocycles. The molecule has 9 rings (SSSR count). The first-order chi connectivity index (χ1) is 45.1. The number of aryl methyl sites for hydroxylation is 5. The summed E-state index contributed by atoms with van der Waals surface area (Å²) in [7, 11) is -0.749. The number of halogens is 10. The maximum Gasteiger partial charge on any atom is 0.239 e. The van der Waals surface area contributed by atoms with Crippen molar-refractivity contribution in [3.05, 3.63) is 174 Å². The largest absolute Gasteiger partial charge is 0.354 e. The molecule has 4 aliphatic rings. The smallest absolute Gasteiger partial charge is 0.239 e. The Kier molecular flexibility index (Phi) is 31.0. The van der Waals surface area contributed by atoms with Crippen LogP contribution in [0.2, 0.25) is 0 Å². The van der Waals surface area contributed by atoms with Crippen molar-refractivity contribution in [2.45, 2.75) is 160 Å². The molecular weight excluding hydrogens is 1370 g/mol. The summed E-state index contributed by atoms with van der Waals surface area (Å²) in [6.45, 7) is 19.0. The number of ketones is 1. The summed E-state index contributed by atoms with van der Waals surface area (Å²) >= 11 is 0. The molecule has 550 valence electrons. The number of hydrazine groups is 1. The molecule has 8 N–H and O–H groups in total. The highest BCUT2D eigenvalue weighted by Crippen LogP contribution is 2.44. The van der Waals surface area contributed by atoms with Gasteiger partial charge in [-0.3, -0.25) is 29.8 Å². The lowest BCUT2D eigenvalue weighted by Gasteiger charge is -2.24. The second kappa shape index (κ2) is 35.5. The van der Waals surface area contributed by atoms with Crippen LogP contribution in [0.5, 0.6) is 0 Å². The number of carbonyl (C=O) groups is 5. The van der Waals surface area contributed by atoms with Crippen molar-refractivity contribution in [1.82, 2.24) is 34.9 Å². The summed E-state index contributed by atoms with van der Waals surface area (Å²) in [5.41, 5.74) is 9.78. The number of carbonyl (C=O) groups excluding carboxylic acids is 5. The van der Waals surface area contributed by atoms with Gasteiger partial charge < -0.3 is 26.2 Å². The standard InChI is InChI=1S/C17H26F2N2O3S.C13H17F2NO2S.C12H12F2O.C11H13F2N3O.C11H12F2N2O.C4H9NO.H2S/c1-11-7-13(18)16(14(19)8-11)12(9-15(22)21(5)6)10-20-25(23,24)17(2,3)4;1-8-5-9(14)12(10(15)6-8)11-7-16(11)19(17,18)13(2,3)4;1-7-4-10(13)12(11(14)5-7)8-2-3-9(15)6-8;1-5-2-7(12)9(8(13)3-5)6-4-15-11(17)10(6)16-14;1-5-2-7(12)9(8(13)3-5)6-4-15-11(16)10(6)14;1-4(6)5(2)3;/h7-8,12,20H,9-10H2,1-6H3;5-6,11H,7H2,1-4H3;4-5,8H,2-3,6H2,1H3;2-3,6,10,16H,4,14H2,1H3,(H,15,17);2-3,6,10H,4,14H2,1H3,(H,15,16);1-3H3;1H2/t12-;11-,16?;8-;2*6-,10-;;/m01100../s1. The Bertz CT molecular complexity index is 3870. The molecule has 3 aliphatic heterocycles. The van der Waals surface area contributed by atoms with E-state index in [9.17, 15) is 84.7 Å². The minimum absolute atomic E-state index is 0. The van der Waals surface area contributed by atoms with E-state index in [2.05, 4.69) is 20.8 Å². The lowest BCUT2D eigenvalue weighted by Crippen LogP contribution is -2.43. The first kappa shape index (κ1) is 86.2. The number of amides is 4. The van der Waals surface area contributed by atoms with Crippen LogP contribution in [-0.2, 0) is 44.0 Å². The van der Waals surface area contributed by atoms with Crippen LogP contribution in [0.1, 0.15) is 159 Å². The molecule has 5 aromatic carbocycles. The molecule has 0 spiro atoms. The third kappa shape index (κ3) is 22.8. The number of hydrogen-bond donors (Lipinski definition) is 6. The van der Waals surface area contributed by atoms with Crippen molar-refractivity contribution in [2.24, 2.45) is 11.6 Å². The molecule has 1 saturated carbocycles. The van der Waals surface area contributed by atoms with Gasteiger partial charge in [-0.1, -0.05) is 0 Å². The van der Waals surface area contributed by atoms with Gasteiger partial charge >= 0.3 is 0 Å². The van der Waals surface area contributed by atoms with E-state index in [-0.39, 0.29) is 116 Å². The fourth-order valence-corrected chi connectivity index (χ4v) is 12.8. The molecule has 4 fully saturated rings. The average molecular weight is 1460 g/mol. The lowest BCUT2D eigenvalue weighted by molar-refractivity contribution is -0.129. The zero-order valence-electron chi connectivity index (χ0n) is 58.2. The van der Waals surface area contributed by atoms with Crippen LogP contribution >= 0.6 is 13.5 Å². The number of hydrogen-bond acceptors (Lipinski definition) is 12. The van der Waals surface area contributed by atoms with E-state index in [0.29, 0.717) is 40.7 Å². The molecule has 18 nitrogen and oxygen atoms in total. The predicted octanol–water partition coefficient (Wildman–Crippen LogP) is 9.76. The summed E-state index contributed by atoms with van der Waals surface area (Å²) < 4.78 is 188. The molecule has 0 bridgehead atoms. The zero-order valence-corrected chi connectivity index (χ0v) is 60.9. The van der Waals surface area contributed by atoms with Gasteiger partial charge in [0.25, 0.3) is 0 Å². The van der Waals surface area contributed by atoms with Crippen LogP contribution < -0.4 is 32.4 Å². The molecule has 99 heavy (non-hydrogen) atoms. The van der Waals surface area contributed by atoms with Gasteiger partial charge in [-0.2, -0.15) is 17.8 Å². The molecule has 4 amide bonds. The minimum Gasteiger partial charge on any atom is -0.354 e. The number of nitrogens with one attached hydrogen (secondary N) is 4. The summed E-state index contributed by atoms with van der Waals surface area (Å²) in [5.74, 6) is -4.71. The normalized spacial score (nSPS) is 19.7. The molecular formula is C68H91F10N9O9S3. The van der Waals surface area contributed by atoms with Crippen molar-refractivity contribution in [1.29, 1.82) is 0 Å². The van der Waals surface area contributed by atoms with Crippen molar-refractivity contribution < 1.29 is 84.7 Å². The van der Waals surface area contributed by atoms with Gasteiger partial charge in [0.1, 0.15) is 70.0 Å². The van der Waals surface area contributed by atoms with Crippen LogP contribution in [0, 0.1) is 92.8 Å². The molecule has 1 unspecified atom stereocenters. The number of nitrogens with two attached hydrogens (primary N) is 2. The van der Waals surface area contributed by atoms with E-state index in [1.165, 1.54) is 112 Å². The summed E-state index contributed by atoms with van der Waals surface area (Å²) in [6, 6.07) is 10.00. The molecule has 0 aromatic heterocycles. The van der Waals surface area contributed by atoms with Crippen LogP contribution in [0.15, 0.2) is 60.7 Å². The summed E-state index contributed by atoms with van der Waals surface area (Å²) in [5, 5.41) is 5.01. The van der Waals surface area contributed by atoms with E-state index in [0.717, 1.165) is 4.31 Å². The molecule has 8 atom stereocenters. The Morgan fingerprint density at radius 2 is 0.949 bits per heavy atom. The second-order valence-corrected chi connectivity index (χ2v) is 32.0. The van der Waals surface area contributed by atoms with Gasteiger partial charge in [-0.15, -0.1) is 0 Å². The number of nitrogens with zero attached hydrogens (tertiary/aromatic N) is 3. The maximum absolute atomic E-state index is 14.3. The highest BCUT2D eigenvalue weighted by molar-refractivity contribution is 7.91. The zero-order chi connectivity index (χ0) is 74.8. The molecule has 5 aromatic rings. The van der Waals surface area contributed by atoms with Crippen molar-refractivity contribution in [2.75, 3.05) is 54.4 Å². The third-order valence-electron chi connectivity index (χ3n) is 16.4. The number of Topliss-reactive ketones (excluding diaryl/α,β-unsaturated/α-hetero) is 1. The van der Waals surface area contributed by atoms with Crippen molar-refractivity contribution in [3.8, 4) is 0 Å². The minimum atomic E-state index is -3.71. The Morgan fingerprint density at radius 3 is 1.28 bits per heavy atom. The van der Waals surface area contributed by atoms with Crippen LogP contribution in [0.4, 0.5) is 43.9 Å². The quantitative estimate of drug-likeness (QED) is 0.0295. The van der Waals surface area contributed by atoms with Gasteiger partial charge in [0.2, 0.25) is 43.7 Å². The fraction of sp³-hybridized carbons (Fsp3) is 0.485. The van der Waals surface area contributed by atoms with Crippen LogP contribution in [0.25, 0.3) is 0 Å². The number of benzene rings is 5. The molecule has 3 heterocycles. The first-order valence-electron chi connectivity index (χ1n) is 31.0. The first-order valence-corrected chi connectivity index (χ1v) is 34.0. The monoisotopic (exact) mass is 1460 g/mol. The van der Waals surface area contributed by atoms with Gasteiger partial charge in [0, 0.05) is 126 Å². The lowest BCUT2D eigenvalue weighted by atomic mass is 9.92. The summed E-state index contributed by atoms with van der Waals surface area (Å²) in [6.07, 6.45) is 1.07. The Morgan fingerprint density at radius 1 is 0.586 bits per heavy atom. The Hall–Kier alpha value is -7.00. The SMILES string of the molecule is CC(=O)N(C)C.Cc1cc(F)c([C@@H]2CCC(=O)C2)c(F)c1.Cc1cc(F)c([C@@H]2CNC(=O)[C@H]2N)c(F)c1.Cc1cc(F)c([C@@H]2CNC(=O)[C@H]2NN)c(F)c1.Cc1cc(F)c([C@H](CNS(=O)(=O)C(C)(C)C)CC(=O)N(C)C)c(F)c1.Cc1cc(F)c([C@H]2CN2S(=O)(=O)C(C)(C)C)c(F)c1.S. The van der Waals surface area contributed by atoms with Crippen LogP contribution in [0.3, 0.4) is 0 Å². The van der Waals surface area contributed by atoms with E-state index < -0.39 is 124 Å². The predicted molar refractivity (Wildman–Crippen MR) is 363 cm³/mol. The second-order valence-electron chi connectivity index (χ2n) is 26.8. The van der Waals surface area contributed by atoms with E-state index >= 15 is 0 Å². The number of rotatable bonds is 12. The van der Waals surface area contributed by atoms with Gasteiger partial charge in [0.05, 0.1) is 21.6 Å². The maximum atomic E-state index is 14.3. The third-order valence-corrected chi connectivity index (χ3v) is 21.1. The van der Waals surface area contributed by atoms with E-state index in [4.69, 9.17) is 11.6 Å². The molecule has 31 heteroatoms. The molecule has 1 aliphatic carbocycles. The Labute approximate surface area is 580 Å². The van der Waals surface area contributed by atoms with Gasteiger partial charge in [0.15, 0.2) is 0 Å². The van der Waals surface area contributed by atoms with Crippen molar-refractivity contribution in [3.63, 3.8) is 0 Å². The van der Waals surface area contributed by atoms with E-state index in [1.807, 2.05) is 0 Å². The van der Waals surface area contributed by atoms with Gasteiger partial charge in [-0.05, 0) is 177 Å². The summed E-state index contributed by atoms with van der Waals surface area (Å²) in [4.78, 5) is 58.6. The van der Waals surface area contributed by atoms with E-state index in [1.54, 1.807) is 69.5 Å². The fourth-order valence-electron chi connectivity index (χ4n) is 10.5. The van der Waals surface area contributed by atoms with Gasteiger partial charge in [-0.25, -0.2) is 70.9 Å². The Balaban J connectivity index is 0.000000317. The average Bonchev–Trinajstić information content (AvgIpc) is 1.58. The van der Waals surface area contributed by atoms with Crippen molar-refractivity contribution >= 4 is 63.0 Å².